The fourth-order valence-electron chi connectivity index (χ4n) is 2.85. The van der Waals surface area contributed by atoms with Gasteiger partial charge in [0.15, 0.2) is 0 Å². The number of nitrogens with zero attached hydrogens (tertiary/aromatic N) is 2. The maximum absolute atomic E-state index is 13.2. The quantitative estimate of drug-likeness (QED) is 0.917. The molecule has 0 spiro atoms. The first kappa shape index (κ1) is 15.7. The van der Waals surface area contributed by atoms with Crippen molar-refractivity contribution >= 4 is 17.5 Å². The first-order valence-corrected chi connectivity index (χ1v) is 7.72. The molecule has 0 aliphatic carbocycles. The third-order valence-electron chi connectivity index (χ3n) is 4.01. The molecule has 1 aliphatic heterocycles. The maximum atomic E-state index is 13.2. The molecule has 1 saturated heterocycles. The van der Waals surface area contributed by atoms with Crippen LogP contribution in [-0.4, -0.2) is 33.9 Å². The number of H-pyrrole nitrogens is 1. The number of benzene rings is 1. The number of amides is 1. The highest BCUT2D eigenvalue weighted by atomic mass is 35.5. The standard InChI is InChI=1S/C16H15ClFN3O2/c17-12-8-10(3-4-13(12)18)15(22)21-7-1-2-11(9-21)14-5-6-19-16(23)20-14/h3-6,8,11H,1-2,7,9H2,(H,19,20,23)/t11-/m0/s1. The van der Waals surface area contributed by atoms with E-state index in [1.165, 1.54) is 24.4 Å². The molecule has 0 radical (unpaired) electrons. The average molecular weight is 336 g/mol. The van der Waals surface area contributed by atoms with Gasteiger partial charge in [0, 0.05) is 36.5 Å². The lowest BCUT2D eigenvalue weighted by Gasteiger charge is -2.32. The minimum Gasteiger partial charge on any atom is -0.338 e. The molecule has 3 rings (SSSR count). The zero-order valence-electron chi connectivity index (χ0n) is 12.3. The van der Waals surface area contributed by atoms with Gasteiger partial charge >= 0.3 is 5.69 Å². The van der Waals surface area contributed by atoms with E-state index in [0.717, 1.165) is 18.5 Å². The second-order valence-corrected chi connectivity index (χ2v) is 5.96. The highest BCUT2D eigenvalue weighted by Gasteiger charge is 2.26. The molecular formula is C16H15ClFN3O2. The van der Waals surface area contributed by atoms with Gasteiger partial charge in [-0.1, -0.05) is 11.6 Å². The van der Waals surface area contributed by atoms with E-state index < -0.39 is 11.5 Å². The number of likely N-dealkylation sites (tertiary alicyclic amines) is 1. The second kappa shape index (κ2) is 6.50. The van der Waals surface area contributed by atoms with Crippen molar-refractivity contribution in [3.05, 3.63) is 63.0 Å². The molecule has 0 saturated carbocycles. The van der Waals surface area contributed by atoms with Crippen LogP contribution in [0.15, 0.2) is 35.3 Å². The predicted octanol–water partition coefficient (Wildman–Crippen LogP) is 2.58. The van der Waals surface area contributed by atoms with Gasteiger partial charge in [-0.25, -0.2) is 14.2 Å². The van der Waals surface area contributed by atoms with Crippen LogP contribution in [0.25, 0.3) is 0 Å². The van der Waals surface area contributed by atoms with Crippen LogP contribution in [0.5, 0.6) is 0 Å². The summed E-state index contributed by atoms with van der Waals surface area (Å²) < 4.78 is 13.2. The second-order valence-electron chi connectivity index (χ2n) is 5.55. The van der Waals surface area contributed by atoms with Crippen LogP contribution in [-0.2, 0) is 0 Å². The van der Waals surface area contributed by atoms with E-state index in [4.69, 9.17) is 11.6 Å². The van der Waals surface area contributed by atoms with Crippen LogP contribution in [0.2, 0.25) is 5.02 Å². The van der Waals surface area contributed by atoms with Gasteiger partial charge in [-0.2, -0.15) is 0 Å². The van der Waals surface area contributed by atoms with Crippen molar-refractivity contribution in [2.75, 3.05) is 13.1 Å². The lowest BCUT2D eigenvalue weighted by Crippen LogP contribution is -2.39. The lowest BCUT2D eigenvalue weighted by molar-refractivity contribution is 0.0705. The molecule has 2 aromatic rings. The first-order chi connectivity index (χ1) is 11.0. The molecular weight excluding hydrogens is 321 g/mol. The number of hydrogen-bond donors (Lipinski definition) is 1. The van der Waals surface area contributed by atoms with Gasteiger partial charge in [0.25, 0.3) is 5.91 Å². The van der Waals surface area contributed by atoms with Crippen molar-refractivity contribution in [3.8, 4) is 0 Å². The Morgan fingerprint density at radius 1 is 1.39 bits per heavy atom. The normalized spacial score (nSPS) is 18.0. The highest BCUT2D eigenvalue weighted by Crippen LogP contribution is 2.26. The Morgan fingerprint density at radius 3 is 2.96 bits per heavy atom. The molecule has 1 aromatic heterocycles. The van der Waals surface area contributed by atoms with Crippen molar-refractivity contribution < 1.29 is 9.18 Å². The van der Waals surface area contributed by atoms with Crippen LogP contribution < -0.4 is 5.69 Å². The minimum absolute atomic E-state index is 0.0549. The number of hydrogen-bond acceptors (Lipinski definition) is 3. The Morgan fingerprint density at radius 2 is 2.22 bits per heavy atom. The van der Waals surface area contributed by atoms with Gasteiger partial charge in [-0.05, 0) is 37.1 Å². The summed E-state index contributed by atoms with van der Waals surface area (Å²) in [5.41, 5.74) is 0.746. The lowest BCUT2D eigenvalue weighted by atomic mass is 9.94. The Kier molecular flexibility index (Phi) is 4.43. The van der Waals surface area contributed by atoms with Crippen molar-refractivity contribution in [2.45, 2.75) is 18.8 Å². The third kappa shape index (κ3) is 3.42. The highest BCUT2D eigenvalue weighted by molar-refractivity contribution is 6.31. The summed E-state index contributed by atoms with van der Waals surface area (Å²) in [6.45, 7) is 1.12. The smallest absolute Gasteiger partial charge is 0.338 e. The summed E-state index contributed by atoms with van der Waals surface area (Å²) in [5.74, 6) is -0.679. The van der Waals surface area contributed by atoms with Gasteiger partial charge in [0.2, 0.25) is 0 Å². The Balaban J connectivity index is 1.79. The zero-order chi connectivity index (χ0) is 16.4. The summed E-state index contributed by atoms with van der Waals surface area (Å²) in [6.07, 6.45) is 3.18. The number of carbonyl (C=O) groups is 1. The molecule has 1 atom stereocenters. The number of carbonyl (C=O) groups excluding carboxylic acids is 1. The molecule has 0 unspecified atom stereocenters. The predicted molar refractivity (Wildman–Crippen MR) is 84.1 cm³/mol. The van der Waals surface area contributed by atoms with E-state index in [9.17, 15) is 14.0 Å². The summed E-state index contributed by atoms with van der Waals surface area (Å²) in [5, 5.41) is -0.0668. The fourth-order valence-corrected chi connectivity index (χ4v) is 3.03. The third-order valence-corrected chi connectivity index (χ3v) is 4.30. The van der Waals surface area contributed by atoms with Crippen LogP contribution in [0.3, 0.4) is 0 Å². The molecule has 120 valence electrons. The molecule has 23 heavy (non-hydrogen) atoms. The monoisotopic (exact) mass is 335 g/mol. The van der Waals surface area contributed by atoms with Crippen molar-refractivity contribution in [2.24, 2.45) is 0 Å². The molecule has 1 aromatic carbocycles. The van der Waals surface area contributed by atoms with Gasteiger partial charge in [-0.3, -0.25) is 4.79 Å². The van der Waals surface area contributed by atoms with Gasteiger partial charge < -0.3 is 9.88 Å². The maximum Gasteiger partial charge on any atom is 0.345 e. The number of nitrogens with one attached hydrogen (secondary N) is 1. The van der Waals surface area contributed by atoms with Crippen LogP contribution >= 0.6 is 11.6 Å². The van der Waals surface area contributed by atoms with Crippen molar-refractivity contribution in [3.63, 3.8) is 0 Å². The molecule has 0 bridgehead atoms. The summed E-state index contributed by atoms with van der Waals surface area (Å²) in [6, 6.07) is 5.73. The van der Waals surface area contributed by atoms with E-state index >= 15 is 0 Å². The molecule has 1 fully saturated rings. The van der Waals surface area contributed by atoms with Crippen LogP contribution in [0.1, 0.15) is 34.8 Å². The molecule has 1 aliphatic rings. The Hall–Kier alpha value is -2.21. The summed E-state index contributed by atoms with van der Waals surface area (Å²) in [4.78, 5) is 31.9. The van der Waals surface area contributed by atoms with E-state index in [1.807, 2.05) is 0 Å². The fraction of sp³-hybridized carbons (Fsp3) is 0.312. The number of aromatic nitrogens is 2. The van der Waals surface area contributed by atoms with Gasteiger partial charge in [0.05, 0.1) is 5.02 Å². The van der Waals surface area contributed by atoms with E-state index in [0.29, 0.717) is 18.7 Å². The molecule has 5 nitrogen and oxygen atoms in total. The van der Waals surface area contributed by atoms with Crippen LogP contribution in [0, 0.1) is 5.82 Å². The number of aromatic amines is 1. The Labute approximate surface area is 137 Å². The SMILES string of the molecule is O=C(c1ccc(F)c(Cl)c1)N1CCC[C@H](c2ccnc(=O)[nH]2)C1. The zero-order valence-corrected chi connectivity index (χ0v) is 13.0. The van der Waals surface area contributed by atoms with Crippen molar-refractivity contribution in [1.29, 1.82) is 0 Å². The molecule has 2 heterocycles. The van der Waals surface area contributed by atoms with Crippen molar-refractivity contribution in [1.82, 2.24) is 14.9 Å². The summed E-state index contributed by atoms with van der Waals surface area (Å²) >= 11 is 5.75. The number of piperidine rings is 1. The van der Waals surface area contributed by atoms with E-state index in [1.54, 1.807) is 11.0 Å². The topological polar surface area (TPSA) is 66.1 Å². The minimum atomic E-state index is -0.547. The molecule has 1 amide bonds. The van der Waals surface area contributed by atoms with Crippen LogP contribution in [0.4, 0.5) is 4.39 Å². The largest absolute Gasteiger partial charge is 0.345 e. The van der Waals surface area contributed by atoms with E-state index in [-0.39, 0.29) is 16.8 Å². The average Bonchev–Trinajstić information content (AvgIpc) is 2.57. The number of rotatable bonds is 2. The van der Waals surface area contributed by atoms with Gasteiger partial charge in [0.1, 0.15) is 5.82 Å². The van der Waals surface area contributed by atoms with Gasteiger partial charge in [-0.15, -0.1) is 0 Å². The first-order valence-electron chi connectivity index (χ1n) is 7.34. The van der Waals surface area contributed by atoms with E-state index in [2.05, 4.69) is 9.97 Å². The number of halogens is 2. The molecule has 7 heteroatoms. The Bertz CT molecular complexity index is 793. The molecule has 1 N–H and O–H groups in total. The summed E-state index contributed by atoms with van der Waals surface area (Å²) in [7, 11) is 0.